The number of piperidine rings is 1. The molecule has 0 radical (unpaired) electrons. The third-order valence-electron chi connectivity index (χ3n) is 5.28. The van der Waals surface area contributed by atoms with Gasteiger partial charge >= 0.3 is 5.97 Å². The van der Waals surface area contributed by atoms with Crippen molar-refractivity contribution in [1.29, 1.82) is 0 Å². The normalized spacial score (nSPS) is 22.6. The summed E-state index contributed by atoms with van der Waals surface area (Å²) in [5.41, 5.74) is 0.926. The summed E-state index contributed by atoms with van der Waals surface area (Å²) >= 11 is 0. The summed E-state index contributed by atoms with van der Waals surface area (Å²) in [6, 6.07) is 1.89. The standard InChI is InChI=1S/C18H28N4O3/c23-17(13-20-9-3-1-2-4-10-20)21-11-5-6-15(12-21)16-7-8-19-22(16)14-18(24)25/h7-8,15H,1-6,9-14H2,(H,24,25)/t15-/m0/s1. The van der Waals surface area contributed by atoms with Crippen molar-refractivity contribution in [3.63, 3.8) is 0 Å². The van der Waals surface area contributed by atoms with Crippen LogP contribution in [-0.2, 0) is 16.1 Å². The van der Waals surface area contributed by atoms with Crippen molar-refractivity contribution in [3.8, 4) is 0 Å². The molecular formula is C18H28N4O3. The highest BCUT2D eigenvalue weighted by atomic mass is 16.4. The molecule has 0 spiro atoms. The average Bonchev–Trinajstić information content (AvgIpc) is 2.89. The van der Waals surface area contributed by atoms with Crippen molar-refractivity contribution >= 4 is 11.9 Å². The summed E-state index contributed by atoms with van der Waals surface area (Å²) in [5, 5.41) is 13.2. The van der Waals surface area contributed by atoms with Crippen LogP contribution in [0.4, 0.5) is 0 Å². The van der Waals surface area contributed by atoms with E-state index in [9.17, 15) is 9.59 Å². The second-order valence-corrected chi connectivity index (χ2v) is 7.18. The van der Waals surface area contributed by atoms with Gasteiger partial charge in [-0.25, -0.2) is 0 Å². The Bertz CT molecular complexity index is 593. The Hall–Kier alpha value is -1.89. The molecule has 1 aromatic heterocycles. The van der Waals surface area contributed by atoms with Crippen molar-refractivity contribution in [2.45, 2.75) is 51.0 Å². The zero-order valence-electron chi connectivity index (χ0n) is 14.8. The van der Waals surface area contributed by atoms with E-state index in [4.69, 9.17) is 5.11 Å². The van der Waals surface area contributed by atoms with E-state index >= 15 is 0 Å². The van der Waals surface area contributed by atoms with Crippen LogP contribution >= 0.6 is 0 Å². The fourth-order valence-electron chi connectivity index (χ4n) is 3.98. The van der Waals surface area contributed by atoms with E-state index in [0.717, 1.165) is 38.2 Å². The largest absolute Gasteiger partial charge is 0.480 e. The number of carbonyl (C=O) groups is 2. The molecule has 2 saturated heterocycles. The van der Waals surface area contributed by atoms with Crippen LogP contribution in [0.25, 0.3) is 0 Å². The van der Waals surface area contributed by atoms with Gasteiger partial charge in [-0.05, 0) is 44.8 Å². The topological polar surface area (TPSA) is 78.7 Å². The number of hydrogen-bond donors (Lipinski definition) is 1. The van der Waals surface area contributed by atoms with Gasteiger partial charge in [0, 0.05) is 30.9 Å². The first-order chi connectivity index (χ1) is 12.1. The quantitative estimate of drug-likeness (QED) is 0.873. The van der Waals surface area contributed by atoms with Gasteiger partial charge in [0.2, 0.25) is 5.91 Å². The highest BCUT2D eigenvalue weighted by molar-refractivity contribution is 5.78. The molecular weight excluding hydrogens is 320 g/mol. The Labute approximate surface area is 148 Å². The van der Waals surface area contributed by atoms with Crippen molar-refractivity contribution in [2.24, 2.45) is 0 Å². The van der Waals surface area contributed by atoms with Crippen LogP contribution in [0.15, 0.2) is 12.3 Å². The number of aliphatic carboxylic acids is 1. The molecule has 138 valence electrons. The molecule has 2 fully saturated rings. The molecule has 7 nitrogen and oxygen atoms in total. The van der Waals surface area contributed by atoms with E-state index in [2.05, 4.69) is 10.00 Å². The van der Waals surface area contributed by atoms with Crippen LogP contribution < -0.4 is 0 Å². The van der Waals surface area contributed by atoms with Gasteiger partial charge in [0.25, 0.3) is 0 Å². The second kappa shape index (κ2) is 8.47. The summed E-state index contributed by atoms with van der Waals surface area (Å²) < 4.78 is 1.55. The maximum atomic E-state index is 12.7. The minimum absolute atomic E-state index is 0.124. The summed E-state index contributed by atoms with van der Waals surface area (Å²) in [7, 11) is 0. The molecule has 3 rings (SSSR count). The summed E-state index contributed by atoms with van der Waals surface area (Å²) in [6.45, 7) is 3.90. The van der Waals surface area contributed by atoms with Crippen LogP contribution in [0.5, 0.6) is 0 Å². The van der Waals surface area contributed by atoms with E-state index in [1.54, 1.807) is 10.9 Å². The van der Waals surface area contributed by atoms with E-state index in [-0.39, 0.29) is 18.4 Å². The van der Waals surface area contributed by atoms with Gasteiger partial charge in [-0.2, -0.15) is 5.10 Å². The van der Waals surface area contributed by atoms with Gasteiger partial charge in [0.15, 0.2) is 0 Å². The molecule has 1 aromatic rings. The lowest BCUT2D eigenvalue weighted by atomic mass is 9.94. The van der Waals surface area contributed by atoms with Crippen molar-refractivity contribution in [2.75, 3.05) is 32.7 Å². The number of rotatable bonds is 5. The molecule has 0 saturated carbocycles. The van der Waals surface area contributed by atoms with E-state index < -0.39 is 5.97 Å². The third-order valence-corrected chi connectivity index (χ3v) is 5.28. The number of aromatic nitrogens is 2. The summed E-state index contributed by atoms with van der Waals surface area (Å²) in [5.74, 6) is -0.519. The number of amides is 1. The number of carbonyl (C=O) groups excluding carboxylic acids is 1. The Balaban J connectivity index is 1.59. The average molecular weight is 348 g/mol. The lowest BCUT2D eigenvalue weighted by Crippen LogP contribution is -2.45. The Morgan fingerprint density at radius 2 is 1.84 bits per heavy atom. The van der Waals surface area contributed by atoms with Crippen LogP contribution in [-0.4, -0.2) is 69.3 Å². The molecule has 0 aliphatic carbocycles. The summed E-state index contributed by atoms with van der Waals surface area (Å²) in [6.07, 6.45) is 8.48. The minimum atomic E-state index is -0.894. The van der Waals surface area contributed by atoms with Crippen LogP contribution in [0.3, 0.4) is 0 Å². The summed E-state index contributed by atoms with van der Waals surface area (Å²) in [4.78, 5) is 28.0. The number of likely N-dealkylation sites (tertiary alicyclic amines) is 2. The van der Waals surface area contributed by atoms with Gasteiger partial charge in [-0.15, -0.1) is 0 Å². The van der Waals surface area contributed by atoms with Crippen LogP contribution in [0, 0.1) is 0 Å². The Morgan fingerprint density at radius 3 is 2.56 bits per heavy atom. The molecule has 25 heavy (non-hydrogen) atoms. The third kappa shape index (κ3) is 4.81. The number of nitrogens with zero attached hydrogens (tertiary/aromatic N) is 4. The van der Waals surface area contributed by atoms with Crippen molar-refractivity contribution in [3.05, 3.63) is 18.0 Å². The minimum Gasteiger partial charge on any atom is -0.480 e. The monoisotopic (exact) mass is 348 g/mol. The van der Waals surface area contributed by atoms with E-state index in [1.165, 1.54) is 25.7 Å². The molecule has 1 N–H and O–H groups in total. The van der Waals surface area contributed by atoms with Gasteiger partial charge < -0.3 is 10.0 Å². The molecule has 3 heterocycles. The van der Waals surface area contributed by atoms with Gasteiger partial charge in [-0.1, -0.05) is 12.8 Å². The molecule has 2 aliphatic heterocycles. The van der Waals surface area contributed by atoms with E-state index in [0.29, 0.717) is 13.1 Å². The maximum Gasteiger partial charge on any atom is 0.325 e. The van der Waals surface area contributed by atoms with Crippen LogP contribution in [0.2, 0.25) is 0 Å². The van der Waals surface area contributed by atoms with Crippen LogP contribution in [0.1, 0.15) is 50.1 Å². The van der Waals surface area contributed by atoms with Crippen molar-refractivity contribution in [1.82, 2.24) is 19.6 Å². The SMILES string of the molecule is O=C(O)Cn1nccc1[C@H]1CCCN(C(=O)CN2CCCCCC2)C1. The fraction of sp³-hybridized carbons (Fsp3) is 0.722. The van der Waals surface area contributed by atoms with E-state index in [1.807, 2.05) is 11.0 Å². The molecule has 2 aliphatic rings. The first-order valence-electron chi connectivity index (χ1n) is 9.37. The first-order valence-corrected chi connectivity index (χ1v) is 9.37. The fourth-order valence-corrected chi connectivity index (χ4v) is 3.98. The molecule has 0 unspecified atom stereocenters. The van der Waals surface area contributed by atoms with Gasteiger partial charge in [-0.3, -0.25) is 19.2 Å². The number of hydrogen-bond acceptors (Lipinski definition) is 4. The zero-order valence-corrected chi connectivity index (χ0v) is 14.8. The highest BCUT2D eigenvalue weighted by Crippen LogP contribution is 2.27. The predicted octanol–water partition coefficient (Wildman–Crippen LogP) is 1.55. The molecule has 7 heteroatoms. The lowest BCUT2D eigenvalue weighted by Gasteiger charge is -2.34. The molecule has 1 amide bonds. The van der Waals surface area contributed by atoms with Gasteiger partial charge in [0.05, 0.1) is 6.54 Å². The smallest absolute Gasteiger partial charge is 0.325 e. The van der Waals surface area contributed by atoms with Gasteiger partial charge in [0.1, 0.15) is 6.54 Å². The Kier molecular flexibility index (Phi) is 6.07. The highest BCUT2D eigenvalue weighted by Gasteiger charge is 2.28. The second-order valence-electron chi connectivity index (χ2n) is 7.18. The molecule has 0 bridgehead atoms. The Morgan fingerprint density at radius 1 is 1.08 bits per heavy atom. The lowest BCUT2D eigenvalue weighted by molar-refractivity contribution is -0.138. The van der Waals surface area contributed by atoms with Crippen molar-refractivity contribution < 1.29 is 14.7 Å². The number of carboxylic acids is 1. The molecule has 0 aromatic carbocycles. The first kappa shape index (κ1) is 17.9. The maximum absolute atomic E-state index is 12.7. The number of carboxylic acid groups (broad SMARTS) is 1. The molecule has 1 atom stereocenters. The predicted molar refractivity (Wildman–Crippen MR) is 93.3 cm³/mol. The zero-order chi connectivity index (χ0) is 17.6.